The number of piperidine rings is 1. The molecule has 1 aliphatic heterocycles. The number of fused-ring (bicyclic) bond motifs is 1. The highest BCUT2D eigenvalue weighted by Crippen LogP contribution is 2.40. The second kappa shape index (κ2) is 10.4. The number of hydrogen-bond acceptors (Lipinski definition) is 5. The number of amides is 1. The maximum atomic E-state index is 15.4. The maximum absolute atomic E-state index is 15.4. The Morgan fingerprint density at radius 2 is 1.73 bits per heavy atom. The first-order valence-corrected chi connectivity index (χ1v) is 12.6. The molecule has 1 aromatic carbocycles. The first-order valence-electron chi connectivity index (χ1n) is 12.6. The predicted molar refractivity (Wildman–Crippen MR) is 129 cm³/mol. The van der Waals surface area contributed by atoms with E-state index in [0.29, 0.717) is 41.8 Å². The summed E-state index contributed by atoms with van der Waals surface area (Å²) >= 11 is 0. The predicted octanol–water partition coefficient (Wildman–Crippen LogP) is 4.36. The van der Waals surface area contributed by atoms with Gasteiger partial charge in [-0.15, -0.1) is 0 Å². The van der Waals surface area contributed by atoms with Crippen molar-refractivity contribution >= 4 is 22.8 Å². The molecule has 0 bridgehead atoms. The van der Waals surface area contributed by atoms with Gasteiger partial charge in [0.05, 0.1) is 18.0 Å². The van der Waals surface area contributed by atoms with Gasteiger partial charge >= 0.3 is 6.18 Å². The second-order valence-electron chi connectivity index (χ2n) is 9.98. The van der Waals surface area contributed by atoms with Gasteiger partial charge in [0.2, 0.25) is 5.43 Å². The highest BCUT2D eigenvalue weighted by atomic mass is 19.4. The second-order valence-corrected chi connectivity index (χ2v) is 9.98. The highest BCUT2D eigenvalue weighted by Gasteiger charge is 2.50. The standard InChI is InChI=1S/C26H23F7N4O3/c27-13-7-17(28)20(18(29)8-13)37-10-16(25(40)34-22(12-4-5-12)26(31,32)33)21(39)15-9-19(30)24(35-23(15)37)36-6-2-1-3-14(36)11-38/h7-10,12,14,22,38H,1-6,11H2,(H,34,40)/t14-,22-/m0/s1. The van der Waals surface area contributed by atoms with E-state index in [-0.39, 0.29) is 31.8 Å². The average Bonchev–Trinajstić information content (AvgIpc) is 3.72. The van der Waals surface area contributed by atoms with Crippen LogP contribution in [0.4, 0.5) is 36.6 Å². The number of alkyl halides is 3. The fourth-order valence-electron chi connectivity index (χ4n) is 5.10. The molecule has 1 saturated carbocycles. The summed E-state index contributed by atoms with van der Waals surface area (Å²) in [5, 5.41) is 10.9. The molecule has 1 aliphatic carbocycles. The summed E-state index contributed by atoms with van der Waals surface area (Å²) in [6.07, 6.45) is -1.99. The Bertz CT molecular complexity index is 1510. The molecule has 3 heterocycles. The minimum atomic E-state index is -4.83. The van der Waals surface area contributed by atoms with Gasteiger partial charge in [0.15, 0.2) is 28.9 Å². The number of carbonyl (C=O) groups is 1. The third-order valence-electron chi connectivity index (χ3n) is 7.22. The third-order valence-corrected chi connectivity index (χ3v) is 7.22. The molecule has 2 aromatic heterocycles. The van der Waals surface area contributed by atoms with Gasteiger partial charge in [-0.2, -0.15) is 13.2 Å². The lowest BCUT2D eigenvalue weighted by molar-refractivity contribution is -0.158. The van der Waals surface area contributed by atoms with Crippen molar-refractivity contribution in [1.29, 1.82) is 0 Å². The first-order chi connectivity index (χ1) is 18.9. The smallest absolute Gasteiger partial charge is 0.394 e. The number of hydrogen-bond donors (Lipinski definition) is 2. The Morgan fingerprint density at radius 1 is 1.05 bits per heavy atom. The quantitative estimate of drug-likeness (QED) is 0.429. The van der Waals surface area contributed by atoms with Crippen LogP contribution in [0.1, 0.15) is 42.5 Å². The van der Waals surface area contributed by atoms with Crippen molar-refractivity contribution in [3.63, 3.8) is 0 Å². The molecule has 5 rings (SSSR count). The summed E-state index contributed by atoms with van der Waals surface area (Å²) in [6, 6.07) is -1.48. The Labute approximate surface area is 222 Å². The molecule has 2 aliphatic rings. The molecule has 214 valence electrons. The SMILES string of the molecule is O=C(N[C@@H](C1CC1)C(F)(F)F)c1cn(-c2c(F)cc(F)cc2F)c2nc(N3CCCC[C@H]3CO)c(F)cc2c1=O. The van der Waals surface area contributed by atoms with Crippen molar-refractivity contribution in [2.45, 2.75) is 50.4 Å². The number of nitrogens with zero attached hydrogens (tertiary/aromatic N) is 3. The lowest BCUT2D eigenvalue weighted by Gasteiger charge is -2.35. The van der Waals surface area contributed by atoms with Crippen molar-refractivity contribution < 1.29 is 40.6 Å². The molecule has 0 spiro atoms. The molecule has 3 aromatic rings. The summed E-state index contributed by atoms with van der Waals surface area (Å²) in [4.78, 5) is 31.8. The molecule has 40 heavy (non-hydrogen) atoms. The van der Waals surface area contributed by atoms with E-state index >= 15 is 4.39 Å². The van der Waals surface area contributed by atoms with Crippen molar-refractivity contribution in [3.05, 3.63) is 63.5 Å². The zero-order valence-electron chi connectivity index (χ0n) is 20.7. The number of anilines is 1. The summed E-state index contributed by atoms with van der Waals surface area (Å²) in [7, 11) is 0. The van der Waals surface area contributed by atoms with Crippen molar-refractivity contribution in [2.75, 3.05) is 18.1 Å². The van der Waals surface area contributed by atoms with E-state index in [1.165, 1.54) is 4.90 Å². The number of benzene rings is 1. The summed E-state index contributed by atoms with van der Waals surface area (Å²) in [6.45, 7) is -0.0850. The van der Waals surface area contributed by atoms with Crippen LogP contribution in [0.3, 0.4) is 0 Å². The van der Waals surface area contributed by atoms with Gasteiger partial charge in [-0.3, -0.25) is 14.2 Å². The lowest BCUT2D eigenvalue weighted by Crippen LogP contribution is -2.48. The minimum Gasteiger partial charge on any atom is -0.394 e. The van der Waals surface area contributed by atoms with E-state index < -0.39 is 81.1 Å². The van der Waals surface area contributed by atoms with Crippen LogP contribution in [0.2, 0.25) is 0 Å². The van der Waals surface area contributed by atoms with Gasteiger partial charge in [0, 0.05) is 24.9 Å². The molecule has 2 fully saturated rings. The van der Waals surface area contributed by atoms with Crippen LogP contribution in [-0.2, 0) is 0 Å². The van der Waals surface area contributed by atoms with Crippen molar-refractivity contribution in [3.8, 4) is 5.69 Å². The van der Waals surface area contributed by atoms with E-state index in [1.807, 2.05) is 0 Å². The van der Waals surface area contributed by atoms with E-state index in [0.717, 1.165) is 6.42 Å². The van der Waals surface area contributed by atoms with Gasteiger partial charge < -0.3 is 15.3 Å². The number of pyridine rings is 2. The molecule has 2 atom stereocenters. The third kappa shape index (κ3) is 5.11. The Balaban J connectivity index is 1.73. The first kappa shape index (κ1) is 27.9. The molecular formula is C26H23F7N4O3. The maximum Gasteiger partial charge on any atom is 0.408 e. The van der Waals surface area contributed by atoms with Gasteiger partial charge in [-0.1, -0.05) is 0 Å². The largest absolute Gasteiger partial charge is 0.408 e. The highest BCUT2D eigenvalue weighted by molar-refractivity contribution is 5.97. The molecular weight excluding hydrogens is 549 g/mol. The molecule has 1 saturated heterocycles. The number of halogens is 7. The molecule has 14 heteroatoms. The summed E-state index contributed by atoms with van der Waals surface area (Å²) in [5.74, 6) is -8.01. The monoisotopic (exact) mass is 572 g/mol. The lowest BCUT2D eigenvalue weighted by atomic mass is 10.0. The van der Waals surface area contributed by atoms with Crippen LogP contribution in [-0.4, -0.2) is 52.0 Å². The zero-order chi connectivity index (χ0) is 28.9. The van der Waals surface area contributed by atoms with E-state index in [1.54, 1.807) is 5.32 Å². The summed E-state index contributed by atoms with van der Waals surface area (Å²) in [5.41, 5.74) is -3.69. The Kier molecular flexibility index (Phi) is 7.23. The van der Waals surface area contributed by atoms with Gasteiger partial charge in [-0.25, -0.2) is 22.5 Å². The van der Waals surface area contributed by atoms with Crippen LogP contribution in [0.5, 0.6) is 0 Å². The summed E-state index contributed by atoms with van der Waals surface area (Å²) < 4.78 is 100. The van der Waals surface area contributed by atoms with Crippen molar-refractivity contribution in [1.82, 2.24) is 14.9 Å². The van der Waals surface area contributed by atoms with E-state index in [9.17, 15) is 41.0 Å². The molecule has 0 unspecified atom stereocenters. The molecule has 0 radical (unpaired) electrons. The average molecular weight is 572 g/mol. The molecule has 1 amide bonds. The molecule has 2 N–H and O–H groups in total. The van der Waals surface area contributed by atoms with Crippen LogP contribution in [0.25, 0.3) is 16.7 Å². The molecule has 7 nitrogen and oxygen atoms in total. The Morgan fingerprint density at radius 3 is 2.33 bits per heavy atom. The fourth-order valence-corrected chi connectivity index (χ4v) is 5.10. The number of aliphatic hydroxyl groups is 1. The number of aliphatic hydroxyl groups excluding tert-OH is 1. The van der Waals surface area contributed by atoms with Crippen LogP contribution in [0.15, 0.2) is 29.2 Å². The van der Waals surface area contributed by atoms with Crippen molar-refractivity contribution in [2.24, 2.45) is 5.92 Å². The number of aromatic nitrogens is 2. The van der Waals surface area contributed by atoms with Gasteiger partial charge in [-0.05, 0) is 44.1 Å². The number of rotatable bonds is 6. The minimum absolute atomic E-state index is 0.196. The van der Waals surface area contributed by atoms with E-state index in [2.05, 4.69) is 4.98 Å². The van der Waals surface area contributed by atoms with Gasteiger partial charge in [0.25, 0.3) is 5.91 Å². The fraction of sp³-hybridized carbons (Fsp3) is 0.423. The number of nitrogens with one attached hydrogen (secondary N) is 1. The van der Waals surface area contributed by atoms with E-state index in [4.69, 9.17) is 0 Å². The zero-order valence-corrected chi connectivity index (χ0v) is 20.7. The van der Waals surface area contributed by atoms with Crippen LogP contribution in [0, 0.1) is 29.2 Å². The topological polar surface area (TPSA) is 87.5 Å². The van der Waals surface area contributed by atoms with Crippen LogP contribution >= 0.6 is 0 Å². The normalized spacial score (nSPS) is 18.7. The number of carbonyl (C=O) groups excluding carboxylic acids is 1. The van der Waals surface area contributed by atoms with Crippen LogP contribution < -0.4 is 15.6 Å². The van der Waals surface area contributed by atoms with Gasteiger partial charge in [0.1, 0.15) is 23.1 Å². The Hall–Kier alpha value is -3.68.